The molecule has 1 aliphatic carbocycles. The summed E-state index contributed by atoms with van der Waals surface area (Å²) in [4.78, 5) is 2.33. The van der Waals surface area contributed by atoms with Gasteiger partial charge in [0.25, 0.3) is 0 Å². The molecule has 90 valence electrons. The van der Waals surface area contributed by atoms with E-state index in [1.54, 1.807) is 11.3 Å². The van der Waals surface area contributed by atoms with Gasteiger partial charge in [0.15, 0.2) is 0 Å². The van der Waals surface area contributed by atoms with Crippen LogP contribution in [0.2, 0.25) is 0 Å². The van der Waals surface area contributed by atoms with Crippen molar-refractivity contribution < 1.29 is 5.11 Å². The Hall–Kier alpha value is -0.0600. The first kappa shape index (κ1) is 12.4. The minimum atomic E-state index is -0.0440. The lowest BCUT2D eigenvalue weighted by atomic mass is 9.87. The lowest BCUT2D eigenvalue weighted by molar-refractivity contribution is 0.110. The van der Waals surface area contributed by atoms with Crippen LogP contribution in [0.25, 0.3) is 0 Å². The molecule has 16 heavy (non-hydrogen) atoms. The van der Waals surface area contributed by atoms with E-state index in [4.69, 9.17) is 0 Å². The van der Waals surface area contributed by atoms with Crippen LogP contribution in [0.5, 0.6) is 0 Å². The molecule has 4 heteroatoms. The van der Waals surface area contributed by atoms with Crippen LogP contribution in [-0.4, -0.2) is 24.8 Å². The van der Waals surface area contributed by atoms with Gasteiger partial charge in [0.1, 0.15) is 0 Å². The molecule has 1 aromatic rings. The highest BCUT2D eigenvalue weighted by Crippen LogP contribution is 2.30. The summed E-state index contributed by atoms with van der Waals surface area (Å²) >= 11 is 5.26. The summed E-state index contributed by atoms with van der Waals surface area (Å²) in [6.45, 7) is 1.11. The van der Waals surface area contributed by atoms with Gasteiger partial charge in [0.2, 0.25) is 0 Å². The van der Waals surface area contributed by atoms with Crippen LogP contribution >= 0.6 is 27.3 Å². The van der Waals surface area contributed by atoms with Gasteiger partial charge in [-0.25, -0.2) is 0 Å². The van der Waals surface area contributed by atoms with Crippen LogP contribution in [0, 0.1) is 5.92 Å². The van der Waals surface area contributed by atoms with E-state index in [0.717, 1.165) is 38.1 Å². The minimum Gasteiger partial charge on any atom is -0.393 e. The Balaban J connectivity index is 1.85. The molecule has 0 unspecified atom stereocenters. The van der Waals surface area contributed by atoms with Crippen LogP contribution < -0.4 is 4.90 Å². The molecule has 2 nitrogen and oxygen atoms in total. The van der Waals surface area contributed by atoms with Gasteiger partial charge in [-0.1, -0.05) is 0 Å². The summed E-state index contributed by atoms with van der Waals surface area (Å²) < 4.78 is 1.17. The first-order valence-electron chi connectivity index (χ1n) is 5.78. The minimum absolute atomic E-state index is 0.0440. The second-order valence-corrected chi connectivity index (χ2v) is 6.46. The molecule has 1 heterocycles. The molecule has 1 aromatic heterocycles. The summed E-state index contributed by atoms with van der Waals surface area (Å²) in [5, 5.41) is 12.9. The third-order valence-electron chi connectivity index (χ3n) is 3.28. The Bertz CT molecular complexity index is 334. The van der Waals surface area contributed by atoms with Gasteiger partial charge < -0.3 is 10.0 Å². The van der Waals surface area contributed by atoms with Gasteiger partial charge in [0, 0.05) is 23.4 Å². The molecule has 2 rings (SSSR count). The lowest BCUT2D eigenvalue weighted by Crippen LogP contribution is -2.29. The van der Waals surface area contributed by atoms with Gasteiger partial charge in [-0.05, 0) is 53.6 Å². The number of anilines is 1. The highest BCUT2D eigenvalue weighted by Gasteiger charge is 2.20. The van der Waals surface area contributed by atoms with Crippen molar-refractivity contribution >= 4 is 32.3 Å². The predicted octanol–water partition coefficient (Wildman–Crippen LogP) is 3.50. The number of rotatable bonds is 3. The molecule has 0 saturated heterocycles. The molecule has 0 atom stereocenters. The number of thiophene rings is 1. The maximum Gasteiger partial charge on any atom is 0.0917 e. The van der Waals surface area contributed by atoms with Crippen molar-refractivity contribution in [2.24, 2.45) is 5.92 Å². The van der Waals surface area contributed by atoms with Crippen molar-refractivity contribution in [1.29, 1.82) is 0 Å². The summed E-state index contributed by atoms with van der Waals surface area (Å²) in [6.07, 6.45) is 4.24. The van der Waals surface area contributed by atoms with E-state index < -0.39 is 0 Å². The van der Waals surface area contributed by atoms with Crippen LogP contribution in [0.1, 0.15) is 25.7 Å². The standard InChI is InChI=1S/C12H18BrNOS/c1-14(12-6-10(13)8-16-12)7-9-2-4-11(15)5-3-9/h6,8-9,11,15H,2-5,7H2,1H3. The molecule has 0 radical (unpaired) electrons. The molecule has 0 aliphatic heterocycles. The zero-order valence-corrected chi connectivity index (χ0v) is 11.9. The van der Waals surface area contributed by atoms with E-state index >= 15 is 0 Å². The Morgan fingerprint density at radius 1 is 1.44 bits per heavy atom. The number of hydrogen-bond acceptors (Lipinski definition) is 3. The van der Waals surface area contributed by atoms with E-state index in [1.165, 1.54) is 9.47 Å². The SMILES string of the molecule is CN(CC1CCC(O)CC1)c1cc(Br)cs1. The number of hydrogen-bond donors (Lipinski definition) is 1. The fourth-order valence-electron chi connectivity index (χ4n) is 2.31. The number of nitrogens with zero attached hydrogens (tertiary/aromatic N) is 1. The Morgan fingerprint density at radius 3 is 2.69 bits per heavy atom. The van der Waals surface area contributed by atoms with Gasteiger partial charge in [-0.15, -0.1) is 11.3 Å². The van der Waals surface area contributed by atoms with Gasteiger partial charge >= 0.3 is 0 Å². The summed E-state index contributed by atoms with van der Waals surface area (Å²) in [6, 6.07) is 2.17. The summed E-state index contributed by atoms with van der Waals surface area (Å²) in [5.41, 5.74) is 0. The monoisotopic (exact) mass is 303 g/mol. The van der Waals surface area contributed by atoms with E-state index in [1.807, 2.05) is 0 Å². The van der Waals surface area contributed by atoms with Crippen LogP contribution in [0.15, 0.2) is 15.9 Å². The zero-order valence-electron chi connectivity index (χ0n) is 9.53. The smallest absolute Gasteiger partial charge is 0.0917 e. The van der Waals surface area contributed by atoms with Crippen molar-refractivity contribution in [1.82, 2.24) is 0 Å². The highest BCUT2D eigenvalue weighted by atomic mass is 79.9. The van der Waals surface area contributed by atoms with E-state index in [9.17, 15) is 5.11 Å². The van der Waals surface area contributed by atoms with Gasteiger partial charge in [-0.2, -0.15) is 0 Å². The molecule has 0 bridgehead atoms. The first-order chi connectivity index (χ1) is 7.65. The van der Waals surface area contributed by atoms with E-state index in [2.05, 4.69) is 39.3 Å². The van der Waals surface area contributed by atoms with Gasteiger partial charge in [0.05, 0.1) is 11.1 Å². The molecule has 0 amide bonds. The fourth-order valence-corrected chi connectivity index (χ4v) is 3.71. The highest BCUT2D eigenvalue weighted by molar-refractivity contribution is 9.10. The molecule has 1 N–H and O–H groups in total. The zero-order chi connectivity index (χ0) is 11.5. The number of halogens is 1. The van der Waals surface area contributed by atoms with E-state index in [-0.39, 0.29) is 6.10 Å². The summed E-state index contributed by atoms with van der Waals surface area (Å²) in [7, 11) is 2.16. The van der Waals surface area contributed by atoms with E-state index in [0.29, 0.717) is 0 Å². The predicted molar refractivity (Wildman–Crippen MR) is 73.3 cm³/mol. The number of aliphatic hydroxyl groups excluding tert-OH is 1. The second-order valence-electron chi connectivity index (χ2n) is 4.66. The van der Waals surface area contributed by atoms with Crippen molar-refractivity contribution in [3.63, 3.8) is 0 Å². The topological polar surface area (TPSA) is 23.5 Å². The lowest BCUT2D eigenvalue weighted by Gasteiger charge is -2.29. The van der Waals surface area contributed by atoms with Crippen LogP contribution in [0.4, 0.5) is 5.00 Å². The molecule has 1 saturated carbocycles. The van der Waals surface area contributed by atoms with Crippen molar-refractivity contribution in [2.45, 2.75) is 31.8 Å². The fraction of sp³-hybridized carbons (Fsp3) is 0.667. The Kier molecular flexibility index (Phi) is 4.27. The van der Waals surface area contributed by atoms with Crippen molar-refractivity contribution in [3.8, 4) is 0 Å². The molecule has 0 spiro atoms. The maximum absolute atomic E-state index is 9.46. The molecular formula is C12H18BrNOS. The van der Waals surface area contributed by atoms with Crippen molar-refractivity contribution in [3.05, 3.63) is 15.9 Å². The molecule has 0 aromatic carbocycles. The van der Waals surface area contributed by atoms with Gasteiger partial charge in [-0.3, -0.25) is 0 Å². The van der Waals surface area contributed by atoms with Crippen molar-refractivity contribution in [2.75, 3.05) is 18.5 Å². The third kappa shape index (κ3) is 3.22. The largest absolute Gasteiger partial charge is 0.393 e. The normalized spacial score (nSPS) is 25.7. The number of aliphatic hydroxyl groups is 1. The molecule has 1 fully saturated rings. The summed E-state index contributed by atoms with van der Waals surface area (Å²) in [5.74, 6) is 0.745. The maximum atomic E-state index is 9.46. The first-order valence-corrected chi connectivity index (χ1v) is 7.45. The molecular weight excluding hydrogens is 286 g/mol. The third-order valence-corrected chi connectivity index (χ3v) is 5.08. The average molecular weight is 304 g/mol. The quantitative estimate of drug-likeness (QED) is 0.924. The second kappa shape index (κ2) is 5.52. The Labute approximate surface area is 109 Å². The Morgan fingerprint density at radius 2 is 2.12 bits per heavy atom. The van der Waals surface area contributed by atoms with Crippen LogP contribution in [0.3, 0.4) is 0 Å². The average Bonchev–Trinajstić information content (AvgIpc) is 2.68. The van der Waals surface area contributed by atoms with Crippen LogP contribution in [-0.2, 0) is 0 Å². The molecule has 1 aliphatic rings.